The van der Waals surface area contributed by atoms with Crippen molar-refractivity contribution in [2.24, 2.45) is 0 Å². The fraction of sp³-hybridized carbons (Fsp3) is 0.296. The quantitative estimate of drug-likeness (QED) is 0.277. The van der Waals surface area contributed by atoms with Crippen LogP contribution in [0.3, 0.4) is 0 Å². The number of ether oxygens (including phenoxy) is 2. The molecule has 4 aromatic rings. The molecule has 35 heavy (non-hydrogen) atoms. The first-order valence-electron chi connectivity index (χ1n) is 11.7. The normalized spacial score (nSPS) is 11.1. The molecule has 0 saturated heterocycles. The Morgan fingerprint density at radius 1 is 1.03 bits per heavy atom. The van der Waals surface area contributed by atoms with Gasteiger partial charge in [0.05, 0.1) is 18.1 Å². The van der Waals surface area contributed by atoms with Crippen LogP contribution in [0, 0.1) is 6.92 Å². The summed E-state index contributed by atoms with van der Waals surface area (Å²) in [6.45, 7) is 9.07. The Kier molecular flexibility index (Phi) is 7.94. The number of fused-ring (bicyclic) bond motifs is 1. The molecule has 2 heterocycles. The molecule has 8 heteroatoms. The lowest BCUT2D eigenvalue weighted by Crippen LogP contribution is -2.27. The van der Waals surface area contributed by atoms with E-state index in [2.05, 4.69) is 39.4 Å². The number of aromatic nitrogens is 2. The van der Waals surface area contributed by atoms with Crippen LogP contribution in [0.4, 0.5) is 11.5 Å². The lowest BCUT2D eigenvalue weighted by atomic mass is 10.1. The number of thiophene rings is 1. The lowest BCUT2D eigenvalue weighted by molar-refractivity contribution is 0.0466. The number of anilines is 2. The summed E-state index contributed by atoms with van der Waals surface area (Å²) >= 11 is 1.59. The van der Waals surface area contributed by atoms with Gasteiger partial charge >= 0.3 is 5.97 Å². The van der Waals surface area contributed by atoms with Crippen molar-refractivity contribution < 1.29 is 14.3 Å². The zero-order chi connectivity index (χ0) is 24.8. The molecule has 2 aromatic carbocycles. The second-order valence-electron chi connectivity index (χ2n) is 8.04. The first-order chi connectivity index (χ1) is 17.0. The standard InChI is InChI=1S/C27H30N4O3S/c1-5-31(6-2)15-16-34-27(32)20-7-11-21(12-8-20)30-25-24-23(17-35-26(24)29-18(3)28-25)19-9-13-22(33-4)14-10-19/h7-14,17H,5-6,15-16H2,1-4H3,(H,28,29,30). The van der Waals surface area contributed by atoms with Crippen molar-refractivity contribution in [2.75, 3.05) is 38.7 Å². The molecule has 0 atom stereocenters. The Hall–Kier alpha value is -3.49. The van der Waals surface area contributed by atoms with Crippen LogP contribution in [-0.4, -0.2) is 54.2 Å². The minimum Gasteiger partial charge on any atom is -0.497 e. The summed E-state index contributed by atoms with van der Waals surface area (Å²) in [7, 11) is 1.66. The van der Waals surface area contributed by atoms with Crippen molar-refractivity contribution in [3.05, 3.63) is 65.3 Å². The van der Waals surface area contributed by atoms with Gasteiger partial charge in [-0.2, -0.15) is 0 Å². The van der Waals surface area contributed by atoms with Crippen molar-refractivity contribution in [1.29, 1.82) is 0 Å². The highest BCUT2D eigenvalue weighted by molar-refractivity contribution is 7.17. The second kappa shape index (κ2) is 11.3. The molecule has 0 spiro atoms. The molecule has 0 saturated carbocycles. The molecule has 0 unspecified atom stereocenters. The van der Waals surface area contributed by atoms with Crippen LogP contribution in [0.2, 0.25) is 0 Å². The minimum absolute atomic E-state index is 0.316. The summed E-state index contributed by atoms with van der Waals surface area (Å²) in [5.41, 5.74) is 3.48. The fourth-order valence-electron chi connectivity index (χ4n) is 3.84. The van der Waals surface area contributed by atoms with Crippen molar-refractivity contribution in [1.82, 2.24) is 14.9 Å². The summed E-state index contributed by atoms with van der Waals surface area (Å²) in [6, 6.07) is 15.2. The molecule has 0 aliphatic heterocycles. The monoisotopic (exact) mass is 490 g/mol. The molecule has 182 valence electrons. The topological polar surface area (TPSA) is 76.6 Å². The van der Waals surface area contributed by atoms with Crippen molar-refractivity contribution in [3.8, 4) is 16.9 Å². The van der Waals surface area contributed by atoms with Crippen LogP contribution in [-0.2, 0) is 4.74 Å². The Morgan fingerprint density at radius 3 is 2.40 bits per heavy atom. The molecule has 0 bridgehead atoms. The number of nitrogens with one attached hydrogen (secondary N) is 1. The Balaban J connectivity index is 1.53. The van der Waals surface area contributed by atoms with Crippen molar-refractivity contribution in [3.63, 3.8) is 0 Å². The van der Waals surface area contributed by atoms with Gasteiger partial charge in [-0.15, -0.1) is 11.3 Å². The number of carbonyl (C=O) groups is 1. The number of hydrogen-bond donors (Lipinski definition) is 1. The SMILES string of the molecule is CCN(CC)CCOC(=O)c1ccc(Nc2nc(C)nc3scc(-c4ccc(OC)cc4)c23)cc1. The van der Waals surface area contributed by atoms with Gasteiger partial charge in [0.25, 0.3) is 0 Å². The van der Waals surface area contributed by atoms with Gasteiger partial charge in [-0.1, -0.05) is 26.0 Å². The molecule has 0 amide bonds. The van der Waals surface area contributed by atoms with Crippen molar-refractivity contribution >= 4 is 39.0 Å². The molecule has 1 N–H and O–H groups in total. The van der Waals surface area contributed by atoms with E-state index in [9.17, 15) is 4.79 Å². The Labute approximate surface area is 209 Å². The van der Waals surface area contributed by atoms with Gasteiger partial charge in [0.2, 0.25) is 0 Å². The van der Waals surface area contributed by atoms with E-state index in [1.807, 2.05) is 43.3 Å². The third-order valence-electron chi connectivity index (χ3n) is 5.86. The number of benzene rings is 2. The van der Waals surface area contributed by atoms with Gasteiger partial charge < -0.3 is 19.7 Å². The predicted octanol–water partition coefficient (Wildman–Crippen LogP) is 5.92. The summed E-state index contributed by atoms with van der Waals surface area (Å²) in [6.07, 6.45) is 0. The fourth-order valence-corrected chi connectivity index (χ4v) is 4.83. The smallest absolute Gasteiger partial charge is 0.338 e. The predicted molar refractivity (Wildman–Crippen MR) is 142 cm³/mol. The number of nitrogens with zero attached hydrogens (tertiary/aromatic N) is 3. The molecule has 4 rings (SSSR count). The Bertz CT molecular complexity index is 1280. The Morgan fingerprint density at radius 2 is 1.74 bits per heavy atom. The van der Waals surface area contributed by atoms with Gasteiger partial charge in [-0.05, 0) is 62.0 Å². The van der Waals surface area contributed by atoms with E-state index in [0.717, 1.165) is 58.2 Å². The third kappa shape index (κ3) is 5.78. The van der Waals surface area contributed by atoms with Crippen LogP contribution < -0.4 is 10.1 Å². The molecule has 0 aliphatic carbocycles. The van der Waals surface area contributed by atoms with Gasteiger partial charge in [0.1, 0.15) is 28.8 Å². The molecule has 0 fully saturated rings. The first kappa shape index (κ1) is 24.6. The number of aryl methyl sites for hydroxylation is 1. The van der Waals surface area contributed by atoms with Gasteiger partial charge in [0, 0.05) is 23.2 Å². The highest BCUT2D eigenvalue weighted by atomic mass is 32.1. The maximum atomic E-state index is 12.4. The van der Waals surface area contributed by atoms with E-state index in [0.29, 0.717) is 18.0 Å². The van der Waals surface area contributed by atoms with E-state index >= 15 is 0 Å². The number of rotatable bonds is 10. The zero-order valence-corrected chi connectivity index (χ0v) is 21.3. The molecule has 0 aliphatic rings. The van der Waals surface area contributed by atoms with Gasteiger partial charge in [-0.3, -0.25) is 0 Å². The molecular weight excluding hydrogens is 460 g/mol. The van der Waals surface area contributed by atoms with Crippen LogP contribution in [0.5, 0.6) is 5.75 Å². The van der Waals surface area contributed by atoms with E-state index in [-0.39, 0.29) is 5.97 Å². The summed E-state index contributed by atoms with van der Waals surface area (Å²) in [5.74, 6) is 1.92. The molecular formula is C27H30N4O3S. The molecule has 7 nitrogen and oxygen atoms in total. The number of esters is 1. The van der Waals surface area contributed by atoms with E-state index in [1.54, 1.807) is 30.6 Å². The lowest BCUT2D eigenvalue weighted by Gasteiger charge is -2.17. The molecule has 0 radical (unpaired) electrons. The number of carbonyl (C=O) groups excluding carboxylic acids is 1. The van der Waals surface area contributed by atoms with Crippen molar-refractivity contribution in [2.45, 2.75) is 20.8 Å². The zero-order valence-electron chi connectivity index (χ0n) is 20.5. The summed E-state index contributed by atoms with van der Waals surface area (Å²) in [4.78, 5) is 24.9. The second-order valence-corrected chi connectivity index (χ2v) is 8.90. The summed E-state index contributed by atoms with van der Waals surface area (Å²) < 4.78 is 10.7. The number of hydrogen-bond acceptors (Lipinski definition) is 8. The van der Waals surface area contributed by atoms with E-state index in [1.165, 1.54) is 0 Å². The maximum absolute atomic E-state index is 12.4. The van der Waals surface area contributed by atoms with Gasteiger partial charge in [-0.25, -0.2) is 14.8 Å². The highest BCUT2D eigenvalue weighted by Gasteiger charge is 2.15. The van der Waals surface area contributed by atoms with Crippen LogP contribution in [0.25, 0.3) is 21.3 Å². The van der Waals surface area contributed by atoms with Crippen LogP contribution >= 0.6 is 11.3 Å². The van der Waals surface area contributed by atoms with Crippen LogP contribution in [0.1, 0.15) is 30.0 Å². The average Bonchev–Trinajstić information content (AvgIpc) is 3.31. The largest absolute Gasteiger partial charge is 0.497 e. The van der Waals surface area contributed by atoms with E-state index in [4.69, 9.17) is 9.47 Å². The first-order valence-corrected chi connectivity index (χ1v) is 12.6. The third-order valence-corrected chi connectivity index (χ3v) is 6.74. The minimum atomic E-state index is -0.316. The van der Waals surface area contributed by atoms with Crippen LogP contribution in [0.15, 0.2) is 53.9 Å². The highest BCUT2D eigenvalue weighted by Crippen LogP contribution is 2.38. The number of methoxy groups -OCH3 is 1. The average molecular weight is 491 g/mol. The van der Waals surface area contributed by atoms with Gasteiger partial charge in [0.15, 0.2) is 0 Å². The number of likely N-dealkylation sites (N-methyl/N-ethyl adjacent to an activating group) is 1. The van der Waals surface area contributed by atoms with E-state index < -0.39 is 0 Å². The molecule has 2 aromatic heterocycles. The summed E-state index contributed by atoms with van der Waals surface area (Å²) in [5, 5.41) is 6.48. The maximum Gasteiger partial charge on any atom is 0.338 e.